The molecule has 14 heavy (non-hydrogen) atoms. The van der Waals surface area contributed by atoms with Gasteiger partial charge in [-0.2, -0.15) is 0 Å². The summed E-state index contributed by atoms with van der Waals surface area (Å²) in [5.74, 6) is -0.810. The molecule has 0 saturated heterocycles. The summed E-state index contributed by atoms with van der Waals surface area (Å²) in [6, 6.07) is 7.50. The number of halogens is 1. The molecule has 2 aromatic rings. The van der Waals surface area contributed by atoms with Gasteiger partial charge in [0.2, 0.25) is 0 Å². The minimum atomic E-state index is -0.810. The predicted molar refractivity (Wildman–Crippen MR) is 57.3 cm³/mol. The molecule has 2 N–H and O–H groups in total. The number of benzene rings is 1. The summed E-state index contributed by atoms with van der Waals surface area (Å²) < 4.78 is 0.866. The van der Waals surface area contributed by atoms with Crippen LogP contribution in [0.4, 0.5) is 0 Å². The average molecular weight is 254 g/mol. The van der Waals surface area contributed by atoms with Crippen molar-refractivity contribution in [3.8, 4) is 0 Å². The van der Waals surface area contributed by atoms with E-state index in [1.807, 2.05) is 24.3 Å². The number of nitrogens with one attached hydrogen (secondary N) is 1. The molecule has 0 spiro atoms. The Kier molecular flexibility index (Phi) is 2.29. The molecule has 0 aliphatic carbocycles. The van der Waals surface area contributed by atoms with Gasteiger partial charge >= 0.3 is 5.97 Å². The zero-order chi connectivity index (χ0) is 10.1. The number of fused-ring (bicyclic) bond motifs is 1. The highest BCUT2D eigenvalue weighted by Gasteiger charge is 2.06. The first-order valence-electron chi connectivity index (χ1n) is 4.15. The lowest BCUT2D eigenvalue weighted by Gasteiger charge is -1.98. The molecule has 0 unspecified atom stereocenters. The molecule has 0 radical (unpaired) electrons. The van der Waals surface area contributed by atoms with Crippen LogP contribution in [-0.4, -0.2) is 16.1 Å². The van der Waals surface area contributed by atoms with E-state index in [0.29, 0.717) is 0 Å². The smallest absolute Gasteiger partial charge is 0.307 e. The Morgan fingerprint density at radius 1 is 1.50 bits per heavy atom. The molecule has 0 aliphatic rings. The van der Waals surface area contributed by atoms with Gasteiger partial charge in [-0.05, 0) is 33.6 Å². The number of aromatic nitrogens is 1. The van der Waals surface area contributed by atoms with Crippen molar-refractivity contribution >= 4 is 32.8 Å². The van der Waals surface area contributed by atoms with E-state index in [2.05, 4.69) is 20.9 Å². The molecule has 0 fully saturated rings. The van der Waals surface area contributed by atoms with E-state index in [0.717, 1.165) is 21.1 Å². The first-order chi connectivity index (χ1) is 6.66. The summed E-state index contributed by atoms with van der Waals surface area (Å²) in [7, 11) is 0. The second kappa shape index (κ2) is 3.46. The van der Waals surface area contributed by atoms with Crippen LogP contribution in [0.2, 0.25) is 0 Å². The Labute approximate surface area is 88.9 Å². The highest BCUT2D eigenvalue weighted by Crippen LogP contribution is 2.23. The Morgan fingerprint density at radius 3 is 3.00 bits per heavy atom. The second-order valence-electron chi connectivity index (χ2n) is 3.07. The number of hydrogen-bond acceptors (Lipinski definition) is 1. The predicted octanol–water partition coefficient (Wildman–Crippen LogP) is 2.56. The third-order valence-corrected chi connectivity index (χ3v) is 2.49. The Bertz CT molecular complexity index is 490. The van der Waals surface area contributed by atoms with Gasteiger partial charge in [0.25, 0.3) is 0 Å². The lowest BCUT2D eigenvalue weighted by atomic mass is 10.1. The van der Waals surface area contributed by atoms with Crippen LogP contribution in [0.3, 0.4) is 0 Å². The van der Waals surface area contributed by atoms with E-state index in [9.17, 15) is 4.79 Å². The minimum absolute atomic E-state index is 0.0572. The molecule has 2 rings (SSSR count). The summed E-state index contributed by atoms with van der Waals surface area (Å²) in [5.41, 5.74) is 1.78. The van der Waals surface area contributed by atoms with E-state index >= 15 is 0 Å². The van der Waals surface area contributed by atoms with Crippen molar-refractivity contribution in [3.05, 3.63) is 34.4 Å². The summed E-state index contributed by atoms with van der Waals surface area (Å²) in [4.78, 5) is 13.7. The molecule has 0 amide bonds. The molecule has 0 saturated carbocycles. The average Bonchev–Trinajstić information content (AvgIpc) is 2.45. The number of carbonyl (C=O) groups is 1. The number of carboxylic acids is 1. The fraction of sp³-hybridized carbons (Fsp3) is 0.100. The molecule has 4 heteroatoms. The lowest BCUT2D eigenvalue weighted by molar-refractivity contribution is -0.136. The van der Waals surface area contributed by atoms with Gasteiger partial charge in [-0.25, -0.2) is 0 Å². The van der Waals surface area contributed by atoms with Crippen molar-refractivity contribution in [1.29, 1.82) is 0 Å². The topological polar surface area (TPSA) is 53.1 Å². The van der Waals surface area contributed by atoms with Gasteiger partial charge in [0, 0.05) is 10.9 Å². The Morgan fingerprint density at radius 2 is 2.29 bits per heavy atom. The first kappa shape index (κ1) is 9.27. The Balaban J connectivity index is 2.58. The molecular formula is C10H8BrNO2. The molecule has 1 aromatic carbocycles. The van der Waals surface area contributed by atoms with Gasteiger partial charge in [0.1, 0.15) is 0 Å². The molecule has 1 aromatic heterocycles. The zero-order valence-corrected chi connectivity index (χ0v) is 8.84. The van der Waals surface area contributed by atoms with E-state index in [4.69, 9.17) is 5.11 Å². The number of hydrogen-bond donors (Lipinski definition) is 2. The van der Waals surface area contributed by atoms with Crippen LogP contribution in [0.25, 0.3) is 10.9 Å². The van der Waals surface area contributed by atoms with Crippen LogP contribution < -0.4 is 0 Å². The third-order valence-electron chi connectivity index (χ3n) is 2.06. The van der Waals surface area contributed by atoms with Gasteiger partial charge < -0.3 is 10.1 Å². The van der Waals surface area contributed by atoms with Crippen LogP contribution in [0.1, 0.15) is 5.56 Å². The number of aromatic amines is 1. The fourth-order valence-corrected chi connectivity index (χ4v) is 1.94. The van der Waals surface area contributed by atoms with Crippen LogP contribution in [0.5, 0.6) is 0 Å². The zero-order valence-electron chi connectivity index (χ0n) is 7.25. The van der Waals surface area contributed by atoms with Crippen LogP contribution in [0.15, 0.2) is 28.9 Å². The van der Waals surface area contributed by atoms with Crippen molar-refractivity contribution in [1.82, 2.24) is 4.98 Å². The van der Waals surface area contributed by atoms with Crippen LogP contribution in [-0.2, 0) is 11.2 Å². The maximum absolute atomic E-state index is 10.6. The molecule has 1 heterocycles. The monoisotopic (exact) mass is 253 g/mol. The van der Waals surface area contributed by atoms with Crippen molar-refractivity contribution in [2.24, 2.45) is 0 Å². The first-order valence-corrected chi connectivity index (χ1v) is 4.94. The molecule has 72 valence electrons. The second-order valence-corrected chi connectivity index (χ2v) is 3.92. The van der Waals surface area contributed by atoms with E-state index in [-0.39, 0.29) is 6.42 Å². The maximum atomic E-state index is 10.6. The summed E-state index contributed by atoms with van der Waals surface area (Å²) in [6.45, 7) is 0. The quantitative estimate of drug-likeness (QED) is 0.865. The van der Waals surface area contributed by atoms with E-state index < -0.39 is 5.97 Å². The molecule has 0 aliphatic heterocycles. The molecular weight excluding hydrogens is 246 g/mol. The number of rotatable bonds is 2. The largest absolute Gasteiger partial charge is 0.481 e. The summed E-state index contributed by atoms with van der Waals surface area (Å²) in [6.07, 6.45) is 0.0572. The van der Waals surface area contributed by atoms with Crippen molar-refractivity contribution in [2.75, 3.05) is 0 Å². The van der Waals surface area contributed by atoms with E-state index in [1.165, 1.54) is 0 Å². The van der Waals surface area contributed by atoms with Crippen molar-refractivity contribution < 1.29 is 9.90 Å². The highest BCUT2D eigenvalue weighted by atomic mass is 79.9. The van der Waals surface area contributed by atoms with Gasteiger partial charge in [-0.1, -0.05) is 12.1 Å². The number of H-pyrrole nitrogens is 1. The van der Waals surface area contributed by atoms with Crippen molar-refractivity contribution in [2.45, 2.75) is 6.42 Å². The normalized spacial score (nSPS) is 10.6. The highest BCUT2D eigenvalue weighted by molar-refractivity contribution is 9.10. The molecule has 0 atom stereocenters. The van der Waals surface area contributed by atoms with Gasteiger partial charge in [-0.15, -0.1) is 0 Å². The summed E-state index contributed by atoms with van der Waals surface area (Å²) >= 11 is 3.32. The number of carboxylic acid groups (broad SMARTS) is 1. The van der Waals surface area contributed by atoms with Gasteiger partial charge in [-0.3, -0.25) is 4.79 Å². The van der Waals surface area contributed by atoms with Crippen molar-refractivity contribution in [3.63, 3.8) is 0 Å². The van der Waals surface area contributed by atoms with E-state index in [1.54, 1.807) is 0 Å². The standard InChI is InChI=1S/C10H8BrNO2/c11-9-5-7-6(4-10(13)14)2-1-3-8(7)12-9/h1-3,5,12H,4H2,(H,13,14). The van der Waals surface area contributed by atoms with Gasteiger partial charge in [0.05, 0.1) is 11.0 Å². The molecule has 3 nitrogen and oxygen atoms in total. The van der Waals surface area contributed by atoms with Crippen LogP contribution >= 0.6 is 15.9 Å². The SMILES string of the molecule is O=C(O)Cc1cccc2[nH]c(Br)cc12. The number of aliphatic carboxylic acids is 1. The molecule has 0 bridgehead atoms. The lowest BCUT2D eigenvalue weighted by Crippen LogP contribution is -1.99. The third kappa shape index (κ3) is 1.65. The maximum Gasteiger partial charge on any atom is 0.307 e. The minimum Gasteiger partial charge on any atom is -0.481 e. The Hall–Kier alpha value is -1.29. The van der Waals surface area contributed by atoms with Gasteiger partial charge in [0.15, 0.2) is 0 Å². The summed E-state index contributed by atoms with van der Waals surface area (Å²) in [5, 5.41) is 9.67. The fourth-order valence-electron chi connectivity index (χ4n) is 1.50. The van der Waals surface area contributed by atoms with Crippen LogP contribution in [0, 0.1) is 0 Å².